The molecule has 1 aromatic heterocycles. The van der Waals surface area contributed by atoms with Gasteiger partial charge in [0.1, 0.15) is 10.8 Å². The van der Waals surface area contributed by atoms with Gasteiger partial charge in [-0.05, 0) is 12.1 Å². The van der Waals surface area contributed by atoms with Crippen LogP contribution in [0.15, 0.2) is 12.1 Å². The van der Waals surface area contributed by atoms with Crippen LogP contribution in [-0.4, -0.2) is 48.8 Å². The lowest BCUT2D eigenvalue weighted by molar-refractivity contribution is 0.0764. The van der Waals surface area contributed by atoms with Gasteiger partial charge < -0.3 is 4.90 Å². The van der Waals surface area contributed by atoms with Crippen LogP contribution >= 0.6 is 23.2 Å². The maximum absolute atomic E-state index is 12.1. The largest absolute Gasteiger partial charge is 0.335 e. The Hall–Kier alpha value is -0.850. The first-order chi connectivity index (χ1) is 8.39. The summed E-state index contributed by atoms with van der Waals surface area (Å²) in [4.78, 5) is 17.4. The van der Waals surface area contributed by atoms with E-state index in [9.17, 15) is 13.2 Å². The number of halogens is 2. The fourth-order valence-electron chi connectivity index (χ4n) is 1.63. The quantitative estimate of drug-likeness (QED) is 0.733. The molecule has 0 spiro atoms. The molecule has 1 aliphatic rings. The second kappa shape index (κ2) is 5.03. The SMILES string of the molecule is O=C(c1nc(Cl)ccc1Cl)N1CCS(=O)(=O)CC1. The molecule has 0 aromatic carbocycles. The first kappa shape index (κ1) is 13.6. The molecule has 0 N–H and O–H groups in total. The van der Waals surface area contributed by atoms with Crippen LogP contribution in [0.25, 0.3) is 0 Å². The van der Waals surface area contributed by atoms with Crippen molar-refractivity contribution in [3.63, 3.8) is 0 Å². The van der Waals surface area contributed by atoms with E-state index >= 15 is 0 Å². The predicted molar refractivity (Wildman–Crippen MR) is 68.8 cm³/mol. The minimum Gasteiger partial charge on any atom is -0.335 e. The molecular weight excluding hydrogens is 299 g/mol. The average molecular weight is 309 g/mol. The molecule has 18 heavy (non-hydrogen) atoms. The Morgan fingerprint density at radius 1 is 1.22 bits per heavy atom. The van der Waals surface area contributed by atoms with E-state index in [2.05, 4.69) is 4.98 Å². The van der Waals surface area contributed by atoms with E-state index in [0.717, 1.165) is 0 Å². The van der Waals surface area contributed by atoms with Gasteiger partial charge in [0.2, 0.25) is 0 Å². The van der Waals surface area contributed by atoms with Crippen LogP contribution in [0.3, 0.4) is 0 Å². The third-order valence-electron chi connectivity index (χ3n) is 2.65. The Morgan fingerprint density at radius 3 is 2.44 bits per heavy atom. The molecule has 5 nitrogen and oxygen atoms in total. The molecule has 0 aliphatic carbocycles. The molecule has 2 rings (SSSR count). The number of pyridine rings is 1. The van der Waals surface area contributed by atoms with E-state index in [1.807, 2.05) is 0 Å². The highest BCUT2D eigenvalue weighted by Gasteiger charge is 2.27. The summed E-state index contributed by atoms with van der Waals surface area (Å²) < 4.78 is 22.6. The van der Waals surface area contributed by atoms with E-state index in [-0.39, 0.29) is 40.5 Å². The van der Waals surface area contributed by atoms with E-state index in [1.165, 1.54) is 17.0 Å². The van der Waals surface area contributed by atoms with Crippen molar-refractivity contribution in [1.29, 1.82) is 0 Å². The number of aromatic nitrogens is 1. The van der Waals surface area contributed by atoms with Gasteiger partial charge >= 0.3 is 0 Å². The van der Waals surface area contributed by atoms with Gasteiger partial charge in [-0.3, -0.25) is 4.79 Å². The Labute approximate surface area is 115 Å². The van der Waals surface area contributed by atoms with E-state index in [1.54, 1.807) is 0 Å². The lowest BCUT2D eigenvalue weighted by atomic mass is 10.3. The highest BCUT2D eigenvalue weighted by Crippen LogP contribution is 2.19. The highest BCUT2D eigenvalue weighted by molar-refractivity contribution is 7.91. The monoisotopic (exact) mass is 308 g/mol. The molecule has 0 radical (unpaired) electrons. The van der Waals surface area contributed by atoms with Gasteiger partial charge in [0.05, 0.1) is 16.5 Å². The minimum absolute atomic E-state index is 0.0308. The van der Waals surface area contributed by atoms with Crippen molar-refractivity contribution in [3.05, 3.63) is 28.0 Å². The Kier molecular flexibility index (Phi) is 3.79. The molecule has 1 aliphatic heterocycles. The highest BCUT2D eigenvalue weighted by atomic mass is 35.5. The van der Waals surface area contributed by atoms with Crippen LogP contribution in [0, 0.1) is 0 Å². The number of sulfone groups is 1. The molecule has 0 saturated carbocycles. The zero-order valence-electron chi connectivity index (χ0n) is 9.27. The van der Waals surface area contributed by atoms with Gasteiger partial charge in [-0.25, -0.2) is 13.4 Å². The second-order valence-electron chi connectivity index (χ2n) is 3.91. The van der Waals surface area contributed by atoms with Crippen molar-refractivity contribution in [2.24, 2.45) is 0 Å². The average Bonchev–Trinajstić information content (AvgIpc) is 2.31. The number of nitrogens with zero attached hydrogens (tertiary/aromatic N) is 2. The predicted octanol–water partition coefficient (Wildman–Crippen LogP) is 1.26. The molecule has 8 heteroatoms. The van der Waals surface area contributed by atoms with Crippen LogP contribution < -0.4 is 0 Å². The minimum atomic E-state index is -3.02. The molecule has 1 saturated heterocycles. The summed E-state index contributed by atoms with van der Waals surface area (Å²) in [6.07, 6.45) is 0. The number of hydrogen-bond acceptors (Lipinski definition) is 4. The zero-order valence-corrected chi connectivity index (χ0v) is 11.6. The number of hydrogen-bond donors (Lipinski definition) is 0. The van der Waals surface area contributed by atoms with Crippen molar-refractivity contribution in [1.82, 2.24) is 9.88 Å². The summed E-state index contributed by atoms with van der Waals surface area (Å²) in [7, 11) is -3.02. The van der Waals surface area contributed by atoms with Crippen molar-refractivity contribution in [3.8, 4) is 0 Å². The van der Waals surface area contributed by atoms with E-state index < -0.39 is 15.7 Å². The van der Waals surface area contributed by atoms with Crippen LogP contribution in [0.1, 0.15) is 10.5 Å². The zero-order chi connectivity index (χ0) is 13.3. The van der Waals surface area contributed by atoms with Crippen molar-refractivity contribution < 1.29 is 13.2 Å². The first-order valence-electron chi connectivity index (χ1n) is 5.21. The van der Waals surface area contributed by atoms with Gasteiger partial charge in [-0.15, -0.1) is 0 Å². The van der Waals surface area contributed by atoms with Crippen LogP contribution in [0.5, 0.6) is 0 Å². The van der Waals surface area contributed by atoms with Crippen molar-refractivity contribution in [2.75, 3.05) is 24.6 Å². The van der Waals surface area contributed by atoms with Gasteiger partial charge in [0, 0.05) is 13.1 Å². The number of carbonyl (C=O) groups excluding carboxylic acids is 1. The fourth-order valence-corrected chi connectivity index (χ4v) is 3.17. The maximum Gasteiger partial charge on any atom is 0.274 e. The molecule has 0 atom stereocenters. The topological polar surface area (TPSA) is 67.3 Å². The first-order valence-corrected chi connectivity index (χ1v) is 7.78. The molecule has 98 valence electrons. The van der Waals surface area contributed by atoms with Gasteiger partial charge in [-0.1, -0.05) is 23.2 Å². The second-order valence-corrected chi connectivity index (χ2v) is 7.01. The summed E-state index contributed by atoms with van der Waals surface area (Å²) in [6.45, 7) is 0.317. The van der Waals surface area contributed by atoms with E-state index in [0.29, 0.717) is 0 Å². The van der Waals surface area contributed by atoms with Gasteiger partial charge in [0.25, 0.3) is 5.91 Å². The molecule has 1 fully saturated rings. The maximum atomic E-state index is 12.1. The summed E-state index contributed by atoms with van der Waals surface area (Å²) in [5, 5.41) is 0.380. The van der Waals surface area contributed by atoms with Crippen LogP contribution in [0.4, 0.5) is 0 Å². The summed E-state index contributed by atoms with van der Waals surface area (Å²) in [5.74, 6) is -0.453. The molecule has 2 heterocycles. The summed E-state index contributed by atoms with van der Waals surface area (Å²) in [5.41, 5.74) is 0.0588. The van der Waals surface area contributed by atoms with E-state index in [4.69, 9.17) is 23.2 Å². The van der Waals surface area contributed by atoms with Crippen LogP contribution in [-0.2, 0) is 9.84 Å². The molecule has 1 amide bonds. The van der Waals surface area contributed by atoms with Crippen LogP contribution in [0.2, 0.25) is 10.2 Å². The Balaban J connectivity index is 2.20. The van der Waals surface area contributed by atoms with Crippen molar-refractivity contribution in [2.45, 2.75) is 0 Å². The Bertz CT molecular complexity index is 575. The van der Waals surface area contributed by atoms with Gasteiger partial charge in [-0.2, -0.15) is 0 Å². The fraction of sp³-hybridized carbons (Fsp3) is 0.400. The molecule has 0 unspecified atom stereocenters. The normalized spacial score (nSPS) is 18.7. The standard InChI is InChI=1S/C10H10Cl2N2O3S/c11-7-1-2-8(12)13-9(7)10(15)14-3-5-18(16,17)6-4-14/h1-2H,3-6H2. The third-order valence-corrected chi connectivity index (χ3v) is 4.77. The summed E-state index contributed by atoms with van der Waals surface area (Å²) in [6, 6.07) is 2.98. The van der Waals surface area contributed by atoms with Crippen molar-refractivity contribution >= 4 is 38.9 Å². The van der Waals surface area contributed by atoms with Gasteiger partial charge in [0.15, 0.2) is 9.84 Å². The molecular formula is C10H10Cl2N2O3S. The number of rotatable bonds is 1. The third kappa shape index (κ3) is 2.93. The molecule has 0 bridgehead atoms. The Morgan fingerprint density at radius 2 is 1.83 bits per heavy atom. The number of carbonyl (C=O) groups is 1. The molecule has 1 aromatic rings. The smallest absolute Gasteiger partial charge is 0.274 e. The number of amides is 1. The lowest BCUT2D eigenvalue weighted by Gasteiger charge is -2.26. The summed E-state index contributed by atoms with van der Waals surface area (Å²) >= 11 is 11.6. The lowest BCUT2D eigenvalue weighted by Crippen LogP contribution is -2.44.